The van der Waals surface area contributed by atoms with E-state index in [2.05, 4.69) is 5.32 Å². The van der Waals surface area contributed by atoms with Crippen LogP contribution in [-0.4, -0.2) is 39.4 Å². The van der Waals surface area contributed by atoms with E-state index in [4.69, 9.17) is 19.9 Å². The molecule has 0 radical (unpaired) electrons. The zero-order valence-corrected chi connectivity index (χ0v) is 12.6. The van der Waals surface area contributed by atoms with Crippen molar-refractivity contribution < 1.29 is 19.0 Å². The predicted molar refractivity (Wildman–Crippen MR) is 79.8 cm³/mol. The molecular formula is C15H22N2O4. The van der Waals surface area contributed by atoms with Crippen molar-refractivity contribution in [2.45, 2.75) is 19.4 Å². The zero-order chi connectivity index (χ0) is 15.4. The highest BCUT2D eigenvalue weighted by atomic mass is 16.5. The molecule has 1 aromatic rings. The van der Waals surface area contributed by atoms with Crippen molar-refractivity contribution in [2.24, 2.45) is 5.92 Å². The van der Waals surface area contributed by atoms with Crippen molar-refractivity contribution >= 4 is 11.6 Å². The standard InChI is InChI=1S/C15H22N2O4/c1-9-10(4-5-21-9)8-17-15(18)11-6-13(19-2)14(20-3)7-12(11)16/h6-7,9-10H,4-5,8,16H2,1-3H3,(H,17,18). The number of amides is 1. The monoisotopic (exact) mass is 294 g/mol. The first kappa shape index (κ1) is 15.4. The lowest BCUT2D eigenvalue weighted by Gasteiger charge is -2.16. The van der Waals surface area contributed by atoms with Gasteiger partial charge in [0.2, 0.25) is 0 Å². The van der Waals surface area contributed by atoms with Crippen LogP contribution in [0.5, 0.6) is 11.5 Å². The van der Waals surface area contributed by atoms with Gasteiger partial charge in [-0.25, -0.2) is 0 Å². The topological polar surface area (TPSA) is 82.8 Å². The Balaban J connectivity index is 2.08. The zero-order valence-electron chi connectivity index (χ0n) is 12.6. The van der Waals surface area contributed by atoms with Gasteiger partial charge < -0.3 is 25.3 Å². The number of anilines is 1. The Morgan fingerprint density at radius 1 is 1.38 bits per heavy atom. The Morgan fingerprint density at radius 2 is 2.05 bits per heavy atom. The average Bonchev–Trinajstić information content (AvgIpc) is 2.89. The number of methoxy groups -OCH3 is 2. The summed E-state index contributed by atoms with van der Waals surface area (Å²) in [5, 5.41) is 2.91. The largest absolute Gasteiger partial charge is 0.493 e. The second-order valence-corrected chi connectivity index (χ2v) is 5.13. The third-order valence-electron chi connectivity index (χ3n) is 3.86. The molecule has 2 rings (SSSR count). The van der Waals surface area contributed by atoms with Crippen LogP contribution < -0.4 is 20.5 Å². The Bertz CT molecular complexity index is 519. The summed E-state index contributed by atoms with van der Waals surface area (Å²) in [6.07, 6.45) is 1.14. The van der Waals surface area contributed by atoms with Crippen molar-refractivity contribution in [2.75, 3.05) is 33.1 Å². The van der Waals surface area contributed by atoms with Gasteiger partial charge in [-0.05, 0) is 19.4 Å². The van der Waals surface area contributed by atoms with E-state index < -0.39 is 0 Å². The van der Waals surface area contributed by atoms with Gasteiger partial charge in [0.05, 0.1) is 25.9 Å². The van der Waals surface area contributed by atoms with Crippen LogP contribution in [0.3, 0.4) is 0 Å². The molecule has 1 heterocycles. The van der Waals surface area contributed by atoms with E-state index in [-0.39, 0.29) is 12.0 Å². The number of rotatable bonds is 5. The summed E-state index contributed by atoms with van der Waals surface area (Å²) in [6, 6.07) is 3.19. The second kappa shape index (κ2) is 6.67. The minimum absolute atomic E-state index is 0.174. The number of nitrogens with two attached hydrogens (primary N) is 1. The molecule has 21 heavy (non-hydrogen) atoms. The molecule has 0 aromatic heterocycles. The molecule has 1 aromatic carbocycles. The van der Waals surface area contributed by atoms with Gasteiger partial charge in [-0.1, -0.05) is 0 Å². The summed E-state index contributed by atoms with van der Waals surface area (Å²) in [7, 11) is 3.05. The predicted octanol–water partition coefficient (Wildman–Crippen LogP) is 1.44. The van der Waals surface area contributed by atoms with Crippen LogP contribution in [0.1, 0.15) is 23.7 Å². The molecule has 0 aliphatic carbocycles. The van der Waals surface area contributed by atoms with Crippen molar-refractivity contribution in [3.8, 4) is 11.5 Å². The smallest absolute Gasteiger partial charge is 0.253 e. The Morgan fingerprint density at radius 3 is 2.62 bits per heavy atom. The number of carbonyl (C=O) groups excluding carboxylic acids is 1. The fourth-order valence-corrected chi connectivity index (χ4v) is 2.45. The van der Waals surface area contributed by atoms with Crippen molar-refractivity contribution in [1.82, 2.24) is 5.32 Å². The summed E-state index contributed by atoms with van der Waals surface area (Å²) >= 11 is 0. The minimum atomic E-state index is -0.215. The third-order valence-corrected chi connectivity index (χ3v) is 3.86. The van der Waals surface area contributed by atoms with Crippen LogP contribution in [-0.2, 0) is 4.74 Å². The van der Waals surface area contributed by atoms with Gasteiger partial charge in [0.1, 0.15) is 0 Å². The molecule has 116 valence electrons. The van der Waals surface area contributed by atoms with Crippen LogP contribution in [0.4, 0.5) is 5.69 Å². The highest BCUT2D eigenvalue weighted by molar-refractivity contribution is 6.00. The summed E-state index contributed by atoms with van der Waals surface area (Å²) < 4.78 is 15.8. The van der Waals surface area contributed by atoms with Crippen molar-refractivity contribution in [3.63, 3.8) is 0 Å². The van der Waals surface area contributed by atoms with E-state index in [1.165, 1.54) is 14.2 Å². The highest BCUT2D eigenvalue weighted by Gasteiger charge is 2.25. The quantitative estimate of drug-likeness (QED) is 0.803. The molecule has 2 atom stereocenters. The molecule has 1 saturated heterocycles. The molecule has 0 saturated carbocycles. The molecule has 1 amide bonds. The van der Waals surface area contributed by atoms with E-state index in [0.717, 1.165) is 13.0 Å². The maximum atomic E-state index is 12.3. The Hall–Kier alpha value is -1.95. The minimum Gasteiger partial charge on any atom is -0.493 e. The van der Waals surface area contributed by atoms with Crippen LogP contribution >= 0.6 is 0 Å². The first-order valence-corrected chi connectivity index (χ1v) is 6.98. The lowest BCUT2D eigenvalue weighted by atomic mass is 10.0. The average molecular weight is 294 g/mol. The highest BCUT2D eigenvalue weighted by Crippen LogP contribution is 2.31. The van der Waals surface area contributed by atoms with Gasteiger partial charge in [-0.2, -0.15) is 0 Å². The SMILES string of the molecule is COc1cc(N)c(C(=O)NCC2CCOC2C)cc1OC. The van der Waals surface area contributed by atoms with Gasteiger partial charge in [-0.3, -0.25) is 4.79 Å². The maximum Gasteiger partial charge on any atom is 0.253 e. The van der Waals surface area contributed by atoms with Crippen LogP contribution in [0, 0.1) is 5.92 Å². The molecule has 0 spiro atoms. The second-order valence-electron chi connectivity index (χ2n) is 5.13. The van der Waals surface area contributed by atoms with Gasteiger partial charge >= 0.3 is 0 Å². The number of benzene rings is 1. The van der Waals surface area contributed by atoms with E-state index in [9.17, 15) is 4.79 Å². The molecule has 6 nitrogen and oxygen atoms in total. The summed E-state index contributed by atoms with van der Waals surface area (Å²) in [4.78, 5) is 12.3. The first-order valence-electron chi connectivity index (χ1n) is 6.98. The molecule has 1 aliphatic rings. The van der Waals surface area contributed by atoms with Gasteiger partial charge in [0.15, 0.2) is 11.5 Å². The lowest BCUT2D eigenvalue weighted by molar-refractivity contribution is 0.0908. The molecule has 3 N–H and O–H groups in total. The number of hydrogen-bond acceptors (Lipinski definition) is 5. The summed E-state index contributed by atoms with van der Waals surface area (Å²) in [5.74, 6) is 1.11. The third kappa shape index (κ3) is 3.39. The molecule has 1 fully saturated rings. The van der Waals surface area contributed by atoms with E-state index >= 15 is 0 Å². The lowest BCUT2D eigenvalue weighted by Crippen LogP contribution is -2.32. The van der Waals surface area contributed by atoms with Gasteiger partial charge in [0, 0.05) is 30.8 Å². The van der Waals surface area contributed by atoms with E-state index in [0.29, 0.717) is 35.2 Å². The van der Waals surface area contributed by atoms with E-state index in [1.807, 2.05) is 6.92 Å². The van der Waals surface area contributed by atoms with Crippen LogP contribution in [0.2, 0.25) is 0 Å². The number of hydrogen-bond donors (Lipinski definition) is 2. The molecule has 2 unspecified atom stereocenters. The molecule has 1 aliphatic heterocycles. The van der Waals surface area contributed by atoms with E-state index in [1.54, 1.807) is 12.1 Å². The summed E-state index contributed by atoms with van der Waals surface area (Å²) in [6.45, 7) is 3.35. The summed E-state index contributed by atoms with van der Waals surface area (Å²) in [5.41, 5.74) is 6.66. The normalized spacial score (nSPS) is 21.1. The Kier molecular flexibility index (Phi) is 4.90. The van der Waals surface area contributed by atoms with Crippen molar-refractivity contribution in [1.29, 1.82) is 0 Å². The fraction of sp³-hybridized carbons (Fsp3) is 0.533. The maximum absolute atomic E-state index is 12.3. The van der Waals surface area contributed by atoms with Gasteiger partial charge in [-0.15, -0.1) is 0 Å². The molecule has 6 heteroatoms. The van der Waals surface area contributed by atoms with Crippen LogP contribution in [0.15, 0.2) is 12.1 Å². The van der Waals surface area contributed by atoms with Crippen LogP contribution in [0.25, 0.3) is 0 Å². The van der Waals surface area contributed by atoms with Crippen molar-refractivity contribution in [3.05, 3.63) is 17.7 Å². The number of nitrogen functional groups attached to an aromatic ring is 1. The number of carbonyl (C=O) groups is 1. The molecule has 0 bridgehead atoms. The molecular weight excluding hydrogens is 272 g/mol. The van der Waals surface area contributed by atoms with Gasteiger partial charge in [0.25, 0.3) is 5.91 Å². The number of ether oxygens (including phenoxy) is 3. The number of nitrogens with one attached hydrogen (secondary N) is 1. The fourth-order valence-electron chi connectivity index (χ4n) is 2.45. The Labute approximate surface area is 124 Å². The first-order chi connectivity index (χ1) is 10.1.